The smallest absolute Gasteiger partial charge is 0.165 e. The Balaban J connectivity index is 1.36. The van der Waals surface area contributed by atoms with E-state index in [9.17, 15) is 5.11 Å². The number of hydrogen-bond donors (Lipinski definition) is 1. The van der Waals surface area contributed by atoms with Gasteiger partial charge in [0, 0.05) is 30.0 Å². The number of methoxy groups -OCH3 is 1. The molecular weight excluding hydrogens is 426 g/mol. The first-order chi connectivity index (χ1) is 16.5. The number of likely N-dealkylation sites (tertiary alicyclic amines) is 1. The maximum atomic E-state index is 10.9. The average Bonchev–Trinajstić information content (AvgIpc) is 3.24. The highest BCUT2D eigenvalue weighted by molar-refractivity contribution is 5.65. The van der Waals surface area contributed by atoms with Crippen LogP contribution >= 0.6 is 0 Å². The van der Waals surface area contributed by atoms with E-state index in [1.807, 2.05) is 19.2 Å². The summed E-state index contributed by atoms with van der Waals surface area (Å²) in [6, 6.07) is 14.7. The molecule has 1 unspecified atom stereocenters. The van der Waals surface area contributed by atoms with Crippen LogP contribution in [0.5, 0.6) is 11.5 Å². The Labute approximate surface area is 201 Å². The summed E-state index contributed by atoms with van der Waals surface area (Å²) < 4.78 is 19.8. The third-order valence-electron chi connectivity index (χ3n) is 10.0. The molecule has 178 valence electrons. The predicted molar refractivity (Wildman–Crippen MR) is 129 cm³/mol. The number of hydrogen-bond acceptors (Lipinski definition) is 5. The Morgan fingerprint density at radius 2 is 2.00 bits per heavy atom. The van der Waals surface area contributed by atoms with E-state index in [-0.39, 0.29) is 34.7 Å². The Hall–Kier alpha value is -2.34. The fraction of sp³-hybridized carbons (Fsp3) is 0.517. The third-order valence-corrected chi connectivity index (χ3v) is 10.0. The van der Waals surface area contributed by atoms with Crippen molar-refractivity contribution < 1.29 is 19.3 Å². The Morgan fingerprint density at radius 3 is 2.79 bits per heavy atom. The van der Waals surface area contributed by atoms with E-state index in [1.165, 1.54) is 16.7 Å². The Bertz CT molecular complexity index is 1180. The predicted octanol–water partition coefficient (Wildman–Crippen LogP) is 4.22. The van der Waals surface area contributed by atoms with E-state index in [1.54, 1.807) is 0 Å². The van der Waals surface area contributed by atoms with Crippen molar-refractivity contribution in [1.29, 1.82) is 0 Å². The molecule has 6 aliphatic rings. The van der Waals surface area contributed by atoms with Gasteiger partial charge in [0.05, 0.1) is 18.1 Å². The van der Waals surface area contributed by atoms with Gasteiger partial charge in [-0.15, -0.1) is 0 Å². The first-order valence-electron chi connectivity index (χ1n) is 12.6. The first kappa shape index (κ1) is 21.0. The van der Waals surface area contributed by atoms with E-state index in [4.69, 9.17) is 14.2 Å². The number of nitrogens with zero attached hydrogens (tertiary/aromatic N) is 1. The highest BCUT2D eigenvalue weighted by atomic mass is 16.6. The molecule has 34 heavy (non-hydrogen) atoms. The molecule has 2 spiro atoms. The highest BCUT2D eigenvalue weighted by Gasteiger charge is 2.79. The van der Waals surface area contributed by atoms with E-state index < -0.39 is 5.60 Å². The summed E-state index contributed by atoms with van der Waals surface area (Å²) in [6.07, 6.45) is 7.58. The average molecular weight is 460 g/mol. The molecule has 0 radical (unpaired) electrons. The van der Waals surface area contributed by atoms with Crippen molar-refractivity contribution in [2.45, 2.75) is 62.1 Å². The van der Waals surface area contributed by atoms with Crippen LogP contribution in [0.25, 0.3) is 0 Å². The topological polar surface area (TPSA) is 51.2 Å². The monoisotopic (exact) mass is 459 g/mol. The van der Waals surface area contributed by atoms with Gasteiger partial charge in [-0.1, -0.05) is 48.6 Å². The Kier molecular flexibility index (Phi) is 4.24. The van der Waals surface area contributed by atoms with Crippen LogP contribution < -0.4 is 4.74 Å². The summed E-state index contributed by atoms with van der Waals surface area (Å²) in [4.78, 5) is 2.55. The lowest BCUT2D eigenvalue weighted by atomic mass is 9.37. The zero-order valence-corrected chi connectivity index (χ0v) is 20.2. The SMILES string of the molecule is CO[C@]12C=C[C@@]3(C[C@H]1[C@@H](C)OCc1ccccc1)[C@H]1Cc4ccc(O)c5c4C3(CCN1C)[C@@H]2O5. The van der Waals surface area contributed by atoms with E-state index in [0.29, 0.717) is 18.4 Å². The molecule has 1 saturated carbocycles. The maximum absolute atomic E-state index is 10.9. The van der Waals surface area contributed by atoms with Gasteiger partial charge >= 0.3 is 0 Å². The summed E-state index contributed by atoms with van der Waals surface area (Å²) in [5.74, 6) is 1.10. The number of ether oxygens (including phenoxy) is 3. The second-order valence-electron chi connectivity index (χ2n) is 11.1. The zero-order valence-electron chi connectivity index (χ0n) is 20.2. The summed E-state index contributed by atoms with van der Waals surface area (Å²) in [7, 11) is 4.09. The molecule has 2 heterocycles. The van der Waals surface area contributed by atoms with Gasteiger partial charge in [-0.3, -0.25) is 0 Å². The zero-order chi connectivity index (χ0) is 23.3. The minimum absolute atomic E-state index is 0.00679. The van der Waals surface area contributed by atoms with E-state index in [0.717, 1.165) is 25.8 Å². The number of piperidine rings is 1. The quantitative estimate of drug-likeness (QED) is 0.679. The van der Waals surface area contributed by atoms with Crippen LogP contribution in [0.2, 0.25) is 0 Å². The molecule has 5 heteroatoms. The van der Waals surface area contributed by atoms with Gasteiger partial charge in [-0.2, -0.15) is 0 Å². The molecule has 0 aromatic heterocycles. The van der Waals surface area contributed by atoms with E-state index >= 15 is 0 Å². The number of likely N-dealkylation sites (N-methyl/N-ethyl adjacent to an activating group) is 1. The minimum Gasteiger partial charge on any atom is -0.504 e. The fourth-order valence-corrected chi connectivity index (χ4v) is 8.56. The molecule has 4 bridgehead atoms. The molecule has 4 aliphatic carbocycles. The number of phenolic OH excluding ortho intramolecular Hbond substituents is 1. The lowest BCUT2D eigenvalue weighted by molar-refractivity contribution is -0.234. The molecule has 2 aromatic carbocycles. The van der Waals surface area contributed by atoms with Gasteiger partial charge in [0.15, 0.2) is 11.5 Å². The summed E-state index contributed by atoms with van der Waals surface area (Å²) in [5, 5.41) is 10.9. The van der Waals surface area contributed by atoms with Crippen LogP contribution in [0, 0.1) is 11.3 Å². The number of rotatable bonds is 5. The largest absolute Gasteiger partial charge is 0.504 e. The van der Waals surface area contributed by atoms with Gasteiger partial charge in [0.1, 0.15) is 11.7 Å². The van der Waals surface area contributed by atoms with Crippen LogP contribution in [-0.2, 0) is 27.9 Å². The summed E-state index contributed by atoms with van der Waals surface area (Å²) >= 11 is 0. The molecule has 1 saturated heterocycles. The number of fused-ring (bicyclic) bond motifs is 1. The van der Waals surface area contributed by atoms with Crippen molar-refractivity contribution in [3.8, 4) is 11.5 Å². The number of aromatic hydroxyl groups is 1. The van der Waals surface area contributed by atoms with Crippen LogP contribution in [0.4, 0.5) is 0 Å². The first-order valence-corrected chi connectivity index (χ1v) is 12.6. The van der Waals surface area contributed by atoms with Gasteiger partial charge in [-0.25, -0.2) is 0 Å². The van der Waals surface area contributed by atoms with Gasteiger partial charge in [-0.05, 0) is 57.0 Å². The summed E-state index contributed by atoms with van der Waals surface area (Å²) in [5.41, 5.74) is 2.93. The molecule has 2 aromatic rings. The lowest BCUT2D eigenvalue weighted by Crippen LogP contribution is -2.79. The van der Waals surface area contributed by atoms with Crippen molar-refractivity contribution in [3.63, 3.8) is 0 Å². The van der Waals surface area contributed by atoms with Crippen LogP contribution in [0.1, 0.15) is 36.5 Å². The maximum Gasteiger partial charge on any atom is 0.165 e. The van der Waals surface area contributed by atoms with Crippen molar-refractivity contribution in [1.82, 2.24) is 4.90 Å². The van der Waals surface area contributed by atoms with Crippen molar-refractivity contribution in [2.24, 2.45) is 11.3 Å². The minimum atomic E-state index is -0.599. The third kappa shape index (κ3) is 2.27. The molecule has 7 atom stereocenters. The second-order valence-corrected chi connectivity index (χ2v) is 11.1. The second kappa shape index (κ2) is 6.87. The lowest BCUT2D eigenvalue weighted by Gasteiger charge is -2.71. The molecule has 8 rings (SSSR count). The summed E-state index contributed by atoms with van der Waals surface area (Å²) in [6.45, 7) is 3.80. The molecule has 1 N–H and O–H groups in total. The number of phenols is 1. The fourth-order valence-electron chi connectivity index (χ4n) is 8.56. The van der Waals surface area contributed by atoms with Crippen molar-refractivity contribution in [3.05, 3.63) is 71.3 Å². The highest BCUT2D eigenvalue weighted by Crippen LogP contribution is 2.74. The molecule has 2 fully saturated rings. The number of benzene rings is 2. The molecule has 0 amide bonds. The molecular formula is C29H33NO4. The van der Waals surface area contributed by atoms with Crippen molar-refractivity contribution >= 4 is 0 Å². The normalized spacial score (nSPS) is 39.6. The van der Waals surface area contributed by atoms with Crippen LogP contribution in [-0.4, -0.2) is 54.6 Å². The van der Waals surface area contributed by atoms with Crippen LogP contribution in [0.3, 0.4) is 0 Å². The molecule has 2 aliphatic heterocycles. The van der Waals surface area contributed by atoms with Crippen molar-refractivity contribution in [2.75, 3.05) is 20.7 Å². The van der Waals surface area contributed by atoms with E-state index in [2.05, 4.69) is 61.4 Å². The van der Waals surface area contributed by atoms with Crippen LogP contribution in [0.15, 0.2) is 54.6 Å². The van der Waals surface area contributed by atoms with Gasteiger partial charge in [0.2, 0.25) is 0 Å². The van der Waals surface area contributed by atoms with Gasteiger partial charge < -0.3 is 24.2 Å². The Morgan fingerprint density at radius 1 is 1.18 bits per heavy atom. The standard InChI is InChI=1S/C29H33NO4/c1-18(33-17-19-7-5-4-6-8-19)21-16-27-11-12-29(21,32-3)26-28(27)13-14-30(2)23(27)15-20-9-10-22(31)25(34-26)24(20)28/h4-12,18,21,23,26,31H,13-17H2,1-3H3/t18-,21+,23-,26+,27-,28?,29-/m1/s1. The molecule has 5 nitrogen and oxygen atoms in total. The van der Waals surface area contributed by atoms with Gasteiger partial charge in [0.25, 0.3) is 0 Å².